The molecule has 0 spiro atoms. The van der Waals surface area contributed by atoms with Gasteiger partial charge < -0.3 is 19.8 Å². The van der Waals surface area contributed by atoms with Gasteiger partial charge in [-0.3, -0.25) is 4.79 Å². The summed E-state index contributed by atoms with van der Waals surface area (Å²) in [5.41, 5.74) is 1.78. The lowest BCUT2D eigenvalue weighted by molar-refractivity contribution is 0.0951. The minimum Gasteiger partial charge on any atom is -0.493 e. The van der Waals surface area contributed by atoms with Crippen LogP contribution in [0.3, 0.4) is 0 Å². The number of hydrogen-bond acceptors (Lipinski definition) is 4. The third kappa shape index (κ3) is 4.17. The monoisotopic (exact) mass is 409 g/mol. The SMILES string of the molecule is CCOc1c(Cl)cc(CNC(=O)c2ccc3nc(C(F)F)[nH]c3c2)cc1OC. The molecular weight excluding hydrogens is 392 g/mol. The van der Waals surface area contributed by atoms with Crippen molar-refractivity contribution in [3.63, 3.8) is 0 Å². The van der Waals surface area contributed by atoms with Crippen LogP contribution in [0, 0.1) is 0 Å². The van der Waals surface area contributed by atoms with Crippen LogP contribution in [0.5, 0.6) is 11.5 Å². The van der Waals surface area contributed by atoms with Gasteiger partial charge in [-0.05, 0) is 42.8 Å². The minimum absolute atomic E-state index is 0.199. The highest BCUT2D eigenvalue weighted by Gasteiger charge is 2.15. The first-order valence-corrected chi connectivity index (χ1v) is 8.86. The van der Waals surface area contributed by atoms with Crippen LogP contribution < -0.4 is 14.8 Å². The number of hydrogen-bond donors (Lipinski definition) is 2. The van der Waals surface area contributed by atoms with E-state index in [9.17, 15) is 13.6 Å². The van der Waals surface area contributed by atoms with Crippen LogP contribution in [0.1, 0.15) is 35.1 Å². The molecule has 0 aliphatic rings. The number of aromatic amines is 1. The summed E-state index contributed by atoms with van der Waals surface area (Å²) in [7, 11) is 1.50. The Morgan fingerprint density at radius 1 is 1.32 bits per heavy atom. The zero-order valence-electron chi connectivity index (χ0n) is 15.2. The molecule has 3 aromatic rings. The van der Waals surface area contributed by atoms with Gasteiger partial charge in [-0.2, -0.15) is 0 Å². The quantitative estimate of drug-likeness (QED) is 0.602. The van der Waals surface area contributed by atoms with Gasteiger partial charge in [0, 0.05) is 12.1 Å². The number of fused-ring (bicyclic) bond motifs is 1. The average Bonchev–Trinajstić information content (AvgIpc) is 3.11. The first-order chi connectivity index (χ1) is 13.4. The van der Waals surface area contributed by atoms with Crippen molar-refractivity contribution in [3.05, 3.63) is 52.3 Å². The van der Waals surface area contributed by atoms with Crippen molar-refractivity contribution in [3.8, 4) is 11.5 Å². The van der Waals surface area contributed by atoms with Crippen molar-refractivity contribution in [2.24, 2.45) is 0 Å². The summed E-state index contributed by atoms with van der Waals surface area (Å²) in [6, 6.07) is 7.94. The molecule has 2 N–H and O–H groups in total. The number of rotatable bonds is 7. The zero-order valence-corrected chi connectivity index (χ0v) is 15.9. The predicted molar refractivity (Wildman–Crippen MR) is 101 cm³/mol. The normalized spacial score (nSPS) is 11.1. The minimum atomic E-state index is -2.70. The van der Waals surface area contributed by atoms with E-state index in [-0.39, 0.29) is 12.5 Å². The molecule has 0 unspecified atom stereocenters. The number of halogens is 3. The number of amides is 1. The summed E-state index contributed by atoms with van der Waals surface area (Å²) in [5.74, 6) is 0.126. The Balaban J connectivity index is 1.75. The van der Waals surface area contributed by atoms with Crippen LogP contribution in [-0.2, 0) is 6.54 Å². The molecule has 0 saturated heterocycles. The van der Waals surface area contributed by atoms with Crippen molar-refractivity contribution in [2.45, 2.75) is 19.9 Å². The molecule has 1 aromatic heterocycles. The van der Waals surface area contributed by atoms with Gasteiger partial charge in [0.25, 0.3) is 12.3 Å². The second-order valence-electron chi connectivity index (χ2n) is 5.88. The Hall–Kier alpha value is -2.87. The number of nitrogens with zero attached hydrogens (tertiary/aromatic N) is 1. The Morgan fingerprint density at radius 3 is 2.79 bits per heavy atom. The largest absolute Gasteiger partial charge is 0.493 e. The Morgan fingerprint density at radius 2 is 2.11 bits per heavy atom. The van der Waals surface area contributed by atoms with Crippen molar-refractivity contribution in [1.82, 2.24) is 15.3 Å². The second kappa shape index (κ2) is 8.43. The fourth-order valence-electron chi connectivity index (χ4n) is 2.72. The van der Waals surface area contributed by atoms with E-state index in [2.05, 4.69) is 15.3 Å². The molecule has 0 aliphatic heterocycles. The Labute approximate surface area is 164 Å². The number of carbonyl (C=O) groups excluding carboxylic acids is 1. The van der Waals surface area contributed by atoms with Crippen molar-refractivity contribution in [2.75, 3.05) is 13.7 Å². The molecule has 0 aliphatic carbocycles. The van der Waals surface area contributed by atoms with Gasteiger partial charge in [-0.15, -0.1) is 0 Å². The molecule has 0 radical (unpaired) electrons. The molecule has 28 heavy (non-hydrogen) atoms. The van der Waals surface area contributed by atoms with Crippen molar-refractivity contribution in [1.29, 1.82) is 0 Å². The molecule has 148 valence electrons. The smallest absolute Gasteiger partial charge is 0.295 e. The Bertz CT molecular complexity index is 1010. The molecule has 0 atom stereocenters. The highest BCUT2D eigenvalue weighted by atomic mass is 35.5. The van der Waals surface area contributed by atoms with E-state index in [0.29, 0.717) is 39.7 Å². The number of imidazole rings is 1. The summed E-state index contributed by atoms with van der Waals surface area (Å²) in [5, 5.41) is 3.14. The van der Waals surface area contributed by atoms with Gasteiger partial charge in [-0.25, -0.2) is 13.8 Å². The fourth-order valence-corrected chi connectivity index (χ4v) is 3.01. The van der Waals surface area contributed by atoms with E-state index in [1.807, 2.05) is 6.92 Å². The lowest BCUT2D eigenvalue weighted by Crippen LogP contribution is -2.22. The first-order valence-electron chi connectivity index (χ1n) is 8.48. The maximum absolute atomic E-state index is 12.7. The number of H-pyrrole nitrogens is 1. The molecule has 1 heterocycles. The first kappa shape index (κ1) is 19.9. The summed E-state index contributed by atoms with van der Waals surface area (Å²) in [4.78, 5) is 18.7. The number of aromatic nitrogens is 2. The van der Waals surface area contributed by atoms with E-state index in [1.54, 1.807) is 12.1 Å². The number of methoxy groups -OCH3 is 1. The zero-order chi connectivity index (χ0) is 20.3. The summed E-state index contributed by atoms with van der Waals surface area (Å²) in [6.07, 6.45) is -2.70. The van der Waals surface area contributed by atoms with Crippen molar-refractivity contribution >= 4 is 28.5 Å². The van der Waals surface area contributed by atoms with Gasteiger partial charge in [0.15, 0.2) is 17.3 Å². The van der Waals surface area contributed by atoms with Crippen LogP contribution in [0.4, 0.5) is 8.78 Å². The molecule has 2 aromatic carbocycles. The van der Waals surface area contributed by atoms with E-state index in [1.165, 1.54) is 25.3 Å². The highest BCUT2D eigenvalue weighted by molar-refractivity contribution is 6.32. The van der Waals surface area contributed by atoms with Gasteiger partial charge in [0.2, 0.25) is 0 Å². The van der Waals surface area contributed by atoms with Gasteiger partial charge in [0.1, 0.15) is 0 Å². The summed E-state index contributed by atoms with van der Waals surface area (Å²) < 4.78 is 36.2. The molecule has 0 saturated carbocycles. The number of alkyl halides is 2. The van der Waals surface area contributed by atoms with Crippen LogP contribution in [0.2, 0.25) is 5.02 Å². The van der Waals surface area contributed by atoms with E-state index < -0.39 is 12.2 Å². The summed E-state index contributed by atoms with van der Waals surface area (Å²) in [6.45, 7) is 2.48. The molecule has 6 nitrogen and oxygen atoms in total. The molecule has 1 amide bonds. The van der Waals surface area contributed by atoms with Gasteiger partial charge in [-0.1, -0.05) is 11.6 Å². The maximum atomic E-state index is 12.7. The van der Waals surface area contributed by atoms with Crippen LogP contribution in [0.25, 0.3) is 11.0 Å². The average molecular weight is 410 g/mol. The Kier molecular flexibility index (Phi) is 5.99. The van der Waals surface area contributed by atoms with Crippen molar-refractivity contribution < 1.29 is 23.0 Å². The number of benzene rings is 2. The van der Waals surface area contributed by atoms with Crippen LogP contribution in [-0.4, -0.2) is 29.6 Å². The molecule has 3 rings (SSSR count). The van der Waals surface area contributed by atoms with Gasteiger partial charge in [0.05, 0.1) is 29.8 Å². The third-order valence-corrected chi connectivity index (χ3v) is 4.28. The topological polar surface area (TPSA) is 76.2 Å². The lowest BCUT2D eigenvalue weighted by Gasteiger charge is -2.13. The molecule has 0 bridgehead atoms. The van der Waals surface area contributed by atoms with Crippen LogP contribution in [0.15, 0.2) is 30.3 Å². The maximum Gasteiger partial charge on any atom is 0.295 e. The molecule has 0 fully saturated rings. The lowest BCUT2D eigenvalue weighted by atomic mass is 10.1. The number of ether oxygens (including phenoxy) is 2. The molecule has 9 heteroatoms. The fraction of sp³-hybridized carbons (Fsp3) is 0.263. The summed E-state index contributed by atoms with van der Waals surface area (Å²) >= 11 is 6.23. The standard InChI is InChI=1S/C19H18ClF2N3O3/c1-3-28-16-12(20)6-10(7-15(16)27-2)9-23-19(26)11-4-5-13-14(8-11)25-18(24-13)17(21)22/h4-8,17H,3,9H2,1-2H3,(H,23,26)(H,24,25). The molecular formula is C19H18ClF2N3O3. The third-order valence-electron chi connectivity index (χ3n) is 4.00. The van der Waals surface area contributed by atoms with E-state index >= 15 is 0 Å². The van der Waals surface area contributed by atoms with E-state index in [4.69, 9.17) is 21.1 Å². The van der Waals surface area contributed by atoms with Crippen LogP contribution >= 0.6 is 11.6 Å². The highest BCUT2D eigenvalue weighted by Crippen LogP contribution is 2.36. The van der Waals surface area contributed by atoms with E-state index in [0.717, 1.165) is 5.56 Å². The number of nitrogens with one attached hydrogen (secondary N) is 2. The second-order valence-corrected chi connectivity index (χ2v) is 6.29. The van der Waals surface area contributed by atoms with Gasteiger partial charge >= 0.3 is 0 Å². The number of carbonyl (C=O) groups is 1. The predicted octanol–water partition coefficient (Wildman–Crippen LogP) is 4.49.